The van der Waals surface area contributed by atoms with Crippen molar-refractivity contribution in [2.24, 2.45) is 0 Å². The summed E-state index contributed by atoms with van der Waals surface area (Å²) in [5, 5.41) is 0.0391. The molecule has 4 rings (SSSR count). The Hall–Kier alpha value is -1.74. The molecule has 2 heterocycles. The summed E-state index contributed by atoms with van der Waals surface area (Å²) in [5.74, 6) is -1.48. The topological polar surface area (TPSA) is 45.9 Å². The Morgan fingerprint density at radius 1 is 0.886 bits per heavy atom. The molecule has 0 saturated carbocycles. The highest BCUT2D eigenvalue weighted by Crippen LogP contribution is 2.48. The maximum absolute atomic E-state index is 13.9. The van der Waals surface area contributed by atoms with Crippen LogP contribution >= 0.6 is 58.0 Å². The Bertz CT molecular complexity index is 1230. The van der Waals surface area contributed by atoms with Crippen LogP contribution in [-0.2, 0) is 13.2 Å². The minimum Gasteiger partial charge on any atom is -0.482 e. The number of amides is 1. The van der Waals surface area contributed by atoms with Crippen molar-refractivity contribution in [3.05, 3.63) is 84.2 Å². The molecule has 0 spiro atoms. The highest BCUT2D eigenvalue weighted by atomic mass is 35.5. The predicted molar refractivity (Wildman–Crippen MR) is 132 cm³/mol. The number of piperazine rings is 1. The standard InChI is InChI=1S/C23H17Cl5F2N2O3/c24-16-17(25)19(27)22(20(28)18(16)26)34-11-13-4-5-15(35-13)23(33)32-8-6-31(7-9-32)10-12-2-1-3-14(29)21(12)30/h1-5H,6-11H2. The zero-order valence-electron chi connectivity index (χ0n) is 17.9. The third-order valence-electron chi connectivity index (χ3n) is 5.49. The van der Waals surface area contributed by atoms with Gasteiger partial charge in [-0.1, -0.05) is 70.1 Å². The van der Waals surface area contributed by atoms with Gasteiger partial charge in [-0.05, 0) is 18.2 Å². The molecular formula is C23H17Cl5F2N2O3. The van der Waals surface area contributed by atoms with Gasteiger partial charge >= 0.3 is 0 Å². The van der Waals surface area contributed by atoms with Crippen LogP contribution in [0.1, 0.15) is 21.9 Å². The number of nitrogens with zero attached hydrogens (tertiary/aromatic N) is 2. The van der Waals surface area contributed by atoms with Gasteiger partial charge in [-0.3, -0.25) is 9.69 Å². The number of benzene rings is 2. The van der Waals surface area contributed by atoms with Crippen molar-refractivity contribution in [2.45, 2.75) is 13.2 Å². The summed E-state index contributed by atoms with van der Waals surface area (Å²) in [7, 11) is 0. The van der Waals surface area contributed by atoms with E-state index in [0.29, 0.717) is 31.9 Å². The molecule has 12 heteroatoms. The molecule has 5 nitrogen and oxygen atoms in total. The SMILES string of the molecule is O=C(c1ccc(COc2c(Cl)c(Cl)c(Cl)c(Cl)c2Cl)o1)N1CCN(Cc2cccc(F)c2F)CC1. The molecule has 0 atom stereocenters. The third-order valence-corrected chi connectivity index (χ3v) is 7.73. The van der Waals surface area contributed by atoms with E-state index in [0.717, 1.165) is 6.07 Å². The van der Waals surface area contributed by atoms with E-state index in [-0.39, 0.29) is 61.2 Å². The van der Waals surface area contributed by atoms with Crippen molar-refractivity contribution in [2.75, 3.05) is 26.2 Å². The van der Waals surface area contributed by atoms with Crippen LogP contribution in [0.3, 0.4) is 0 Å². The largest absolute Gasteiger partial charge is 0.482 e. The lowest BCUT2D eigenvalue weighted by Gasteiger charge is -2.34. The second-order valence-corrected chi connectivity index (χ2v) is 9.62. The van der Waals surface area contributed by atoms with Gasteiger partial charge in [0.15, 0.2) is 23.1 Å². The van der Waals surface area contributed by atoms with Crippen LogP contribution in [0, 0.1) is 11.6 Å². The monoisotopic (exact) mass is 582 g/mol. The number of hydrogen-bond donors (Lipinski definition) is 0. The van der Waals surface area contributed by atoms with E-state index < -0.39 is 11.6 Å². The van der Waals surface area contributed by atoms with Gasteiger partial charge in [0.25, 0.3) is 5.91 Å². The van der Waals surface area contributed by atoms with Crippen LogP contribution < -0.4 is 4.74 Å². The number of hydrogen-bond acceptors (Lipinski definition) is 4. The molecule has 186 valence electrons. The first-order valence-corrected chi connectivity index (χ1v) is 12.2. The molecular weight excluding hydrogens is 568 g/mol. The zero-order valence-corrected chi connectivity index (χ0v) is 21.7. The Kier molecular flexibility index (Phi) is 8.36. The van der Waals surface area contributed by atoms with Crippen molar-refractivity contribution in [1.82, 2.24) is 9.80 Å². The van der Waals surface area contributed by atoms with E-state index >= 15 is 0 Å². The second-order valence-electron chi connectivity index (χ2n) is 7.73. The molecule has 1 amide bonds. The molecule has 35 heavy (non-hydrogen) atoms. The number of halogens is 7. The smallest absolute Gasteiger partial charge is 0.289 e. The van der Waals surface area contributed by atoms with Crippen molar-refractivity contribution >= 4 is 63.9 Å². The van der Waals surface area contributed by atoms with Gasteiger partial charge in [0.05, 0.1) is 15.1 Å². The molecule has 1 saturated heterocycles. The number of rotatable bonds is 6. The summed E-state index contributed by atoms with van der Waals surface area (Å²) in [6.07, 6.45) is 0. The normalized spacial score (nSPS) is 14.4. The van der Waals surface area contributed by atoms with Crippen LogP contribution in [0.5, 0.6) is 5.75 Å². The molecule has 0 bridgehead atoms. The Morgan fingerprint density at radius 3 is 2.17 bits per heavy atom. The van der Waals surface area contributed by atoms with E-state index in [1.807, 2.05) is 4.90 Å². The summed E-state index contributed by atoms with van der Waals surface area (Å²) in [6.45, 7) is 2.01. The quantitative estimate of drug-likeness (QED) is 0.224. The Labute approximate surface area is 225 Å². The van der Waals surface area contributed by atoms with Crippen molar-refractivity contribution in [3.63, 3.8) is 0 Å². The van der Waals surface area contributed by atoms with Gasteiger partial charge in [-0.15, -0.1) is 0 Å². The zero-order chi connectivity index (χ0) is 25.3. The van der Waals surface area contributed by atoms with Gasteiger partial charge in [0.2, 0.25) is 0 Å². The van der Waals surface area contributed by atoms with E-state index in [4.69, 9.17) is 67.2 Å². The fourth-order valence-electron chi connectivity index (χ4n) is 3.60. The highest BCUT2D eigenvalue weighted by molar-refractivity contribution is 6.55. The molecule has 1 aromatic heterocycles. The average Bonchev–Trinajstić information content (AvgIpc) is 3.33. The van der Waals surface area contributed by atoms with Crippen LogP contribution in [0.2, 0.25) is 25.1 Å². The third kappa shape index (κ3) is 5.66. The molecule has 0 aliphatic carbocycles. The van der Waals surface area contributed by atoms with Gasteiger partial charge in [0, 0.05) is 38.3 Å². The fourth-order valence-corrected chi connectivity index (χ4v) is 4.83. The molecule has 3 aromatic rings. The molecule has 1 fully saturated rings. The fraction of sp³-hybridized carbons (Fsp3) is 0.261. The first-order chi connectivity index (χ1) is 16.7. The van der Waals surface area contributed by atoms with E-state index in [1.165, 1.54) is 6.07 Å². The lowest BCUT2D eigenvalue weighted by atomic mass is 10.1. The minimum atomic E-state index is -0.874. The minimum absolute atomic E-state index is 0.00455. The molecule has 1 aliphatic heterocycles. The van der Waals surface area contributed by atoms with E-state index in [9.17, 15) is 13.6 Å². The summed E-state index contributed by atoms with van der Waals surface area (Å²) in [5.41, 5.74) is 0.281. The molecule has 1 aliphatic rings. The van der Waals surface area contributed by atoms with Gasteiger partial charge < -0.3 is 14.1 Å². The first kappa shape index (κ1) is 26.3. The summed E-state index contributed by atoms with van der Waals surface area (Å²) in [4.78, 5) is 16.4. The van der Waals surface area contributed by atoms with Crippen molar-refractivity contribution < 1.29 is 22.7 Å². The van der Waals surface area contributed by atoms with Crippen LogP contribution in [0.25, 0.3) is 0 Å². The van der Waals surface area contributed by atoms with Crippen LogP contribution in [0.4, 0.5) is 8.78 Å². The molecule has 0 radical (unpaired) electrons. The lowest BCUT2D eigenvalue weighted by molar-refractivity contribution is 0.0592. The van der Waals surface area contributed by atoms with Crippen LogP contribution in [0.15, 0.2) is 34.7 Å². The number of furan rings is 1. The number of carbonyl (C=O) groups excluding carboxylic acids is 1. The van der Waals surface area contributed by atoms with Crippen molar-refractivity contribution in [3.8, 4) is 5.75 Å². The van der Waals surface area contributed by atoms with Crippen LogP contribution in [-0.4, -0.2) is 41.9 Å². The summed E-state index contributed by atoms with van der Waals surface area (Å²) in [6, 6.07) is 7.25. The number of ether oxygens (including phenoxy) is 1. The second kappa shape index (κ2) is 11.1. The predicted octanol–water partition coefficient (Wildman–Crippen LogP) is 7.36. The summed E-state index contributed by atoms with van der Waals surface area (Å²) < 4.78 is 38.6. The molecule has 0 N–H and O–H groups in total. The van der Waals surface area contributed by atoms with Crippen molar-refractivity contribution in [1.29, 1.82) is 0 Å². The number of carbonyl (C=O) groups is 1. The average molecular weight is 585 g/mol. The highest BCUT2D eigenvalue weighted by Gasteiger charge is 2.26. The Balaban J connectivity index is 1.34. The molecule has 2 aromatic carbocycles. The maximum Gasteiger partial charge on any atom is 0.289 e. The lowest BCUT2D eigenvalue weighted by Crippen LogP contribution is -2.48. The van der Waals surface area contributed by atoms with E-state index in [1.54, 1.807) is 23.1 Å². The Morgan fingerprint density at radius 2 is 1.51 bits per heavy atom. The maximum atomic E-state index is 13.9. The van der Waals surface area contributed by atoms with E-state index in [2.05, 4.69) is 0 Å². The molecule has 0 unspecified atom stereocenters. The summed E-state index contributed by atoms with van der Waals surface area (Å²) >= 11 is 30.4. The first-order valence-electron chi connectivity index (χ1n) is 10.3. The van der Waals surface area contributed by atoms with Gasteiger partial charge in [-0.25, -0.2) is 8.78 Å². The van der Waals surface area contributed by atoms with Gasteiger partial charge in [-0.2, -0.15) is 0 Å². The van der Waals surface area contributed by atoms with Gasteiger partial charge in [0.1, 0.15) is 22.4 Å².